The first-order valence-corrected chi connectivity index (χ1v) is 15.2. The molecule has 6 rings (SSSR count). The molecule has 2 N–H and O–H groups in total. The molecule has 5 aliphatic rings. The highest BCUT2D eigenvalue weighted by Crippen LogP contribution is 2.55. The molecular formula is C32H43N3O5. The first kappa shape index (κ1) is 27.5. The monoisotopic (exact) mass is 549 g/mol. The maximum absolute atomic E-state index is 14.2. The standard InChI is InChI=1S/C32H43N3O5/c1-18(2)21-10-12-22(13-11-21)33-29(36)26-25-14-15-32(40-25)27(26)31(38)35(17-23-8-6-16-39-23)28(32)30(37)34-24-9-5-7-19(3)20(24)4/h10-15,18-20,23-28H,5-9,16-17H2,1-4H3,(H,33,36)(H,34,37)/t19-,20-,23+,24-,25-,26+,27-,28-,32-/m1/s1. The molecule has 2 bridgehead atoms. The molecule has 4 aliphatic heterocycles. The maximum atomic E-state index is 14.2. The summed E-state index contributed by atoms with van der Waals surface area (Å²) in [6.07, 6.45) is 8.06. The summed E-state index contributed by atoms with van der Waals surface area (Å²) >= 11 is 0. The van der Waals surface area contributed by atoms with Gasteiger partial charge in [0.05, 0.1) is 24.0 Å². The van der Waals surface area contributed by atoms with Crippen LogP contribution in [0, 0.1) is 23.7 Å². The number of carbonyl (C=O) groups excluding carboxylic acids is 3. The van der Waals surface area contributed by atoms with E-state index in [2.05, 4.69) is 38.3 Å². The van der Waals surface area contributed by atoms with Gasteiger partial charge in [0.25, 0.3) is 0 Å². The number of carbonyl (C=O) groups is 3. The van der Waals surface area contributed by atoms with Gasteiger partial charge in [-0.3, -0.25) is 14.4 Å². The van der Waals surface area contributed by atoms with Crippen molar-refractivity contribution in [2.45, 2.75) is 95.6 Å². The first-order valence-electron chi connectivity index (χ1n) is 15.2. The van der Waals surface area contributed by atoms with Crippen molar-refractivity contribution < 1.29 is 23.9 Å². The van der Waals surface area contributed by atoms with Gasteiger partial charge in [0.15, 0.2) is 0 Å². The Hall–Kier alpha value is -2.71. The van der Waals surface area contributed by atoms with Crippen molar-refractivity contribution >= 4 is 23.4 Å². The van der Waals surface area contributed by atoms with Gasteiger partial charge in [-0.2, -0.15) is 0 Å². The van der Waals surface area contributed by atoms with Gasteiger partial charge < -0.3 is 25.0 Å². The quantitative estimate of drug-likeness (QED) is 0.501. The van der Waals surface area contributed by atoms with Crippen LogP contribution in [0.15, 0.2) is 36.4 Å². The van der Waals surface area contributed by atoms with Crippen LogP contribution in [0.3, 0.4) is 0 Å². The van der Waals surface area contributed by atoms with Crippen molar-refractivity contribution in [2.24, 2.45) is 23.7 Å². The third kappa shape index (κ3) is 4.57. The van der Waals surface area contributed by atoms with Crippen molar-refractivity contribution in [1.29, 1.82) is 0 Å². The van der Waals surface area contributed by atoms with Gasteiger partial charge in [-0.05, 0) is 54.7 Å². The number of hydrogen-bond acceptors (Lipinski definition) is 5. The van der Waals surface area contributed by atoms with E-state index in [4.69, 9.17) is 9.47 Å². The van der Waals surface area contributed by atoms with Gasteiger partial charge in [0.1, 0.15) is 11.6 Å². The number of hydrogen-bond donors (Lipinski definition) is 2. The van der Waals surface area contributed by atoms with E-state index >= 15 is 0 Å². The molecule has 216 valence electrons. The number of fused-ring (bicyclic) bond motifs is 1. The molecular weight excluding hydrogens is 506 g/mol. The Morgan fingerprint density at radius 3 is 2.55 bits per heavy atom. The summed E-state index contributed by atoms with van der Waals surface area (Å²) in [5.41, 5.74) is 0.721. The smallest absolute Gasteiger partial charge is 0.246 e. The van der Waals surface area contributed by atoms with E-state index in [0.29, 0.717) is 36.6 Å². The van der Waals surface area contributed by atoms with Crippen LogP contribution in [-0.2, 0) is 23.9 Å². The van der Waals surface area contributed by atoms with E-state index < -0.39 is 29.6 Å². The molecule has 4 heterocycles. The van der Waals surface area contributed by atoms with Gasteiger partial charge in [-0.1, -0.05) is 64.8 Å². The minimum atomic E-state index is -1.16. The van der Waals surface area contributed by atoms with Gasteiger partial charge in [-0.25, -0.2) is 0 Å². The Labute approximate surface area is 237 Å². The predicted molar refractivity (Wildman–Crippen MR) is 151 cm³/mol. The lowest BCUT2D eigenvalue weighted by molar-refractivity contribution is -0.143. The SMILES string of the molecule is CC(C)c1ccc(NC(=O)[C@H]2[C@H]3C=C[C@@]4(O3)[C@H]2C(=O)N(C[C@@H]2CCCO2)[C@@H]4C(=O)N[C@@H]2CCC[C@@H](C)[C@H]2C)cc1. The number of anilines is 1. The zero-order chi connectivity index (χ0) is 28.2. The Balaban J connectivity index is 1.27. The Morgan fingerprint density at radius 1 is 1.07 bits per heavy atom. The molecule has 0 unspecified atom stereocenters. The van der Waals surface area contributed by atoms with Crippen LogP contribution in [0.25, 0.3) is 0 Å². The molecule has 1 saturated carbocycles. The lowest BCUT2D eigenvalue weighted by Gasteiger charge is -2.38. The molecule has 1 aliphatic carbocycles. The number of rotatable bonds is 7. The summed E-state index contributed by atoms with van der Waals surface area (Å²) in [5, 5.41) is 6.34. The summed E-state index contributed by atoms with van der Waals surface area (Å²) in [7, 11) is 0. The van der Waals surface area contributed by atoms with E-state index in [9.17, 15) is 14.4 Å². The van der Waals surface area contributed by atoms with Crippen LogP contribution in [0.1, 0.15) is 71.3 Å². The molecule has 3 amide bonds. The highest BCUT2D eigenvalue weighted by Gasteiger charge is 2.73. The van der Waals surface area contributed by atoms with Crippen molar-refractivity contribution in [2.75, 3.05) is 18.5 Å². The van der Waals surface area contributed by atoms with E-state index in [0.717, 1.165) is 32.1 Å². The number of likely N-dealkylation sites (tertiary alicyclic amines) is 1. The van der Waals surface area contributed by atoms with Crippen LogP contribution in [0.5, 0.6) is 0 Å². The zero-order valence-electron chi connectivity index (χ0n) is 24.1. The van der Waals surface area contributed by atoms with E-state index in [-0.39, 0.29) is 29.9 Å². The second kappa shape index (κ2) is 10.6. The molecule has 40 heavy (non-hydrogen) atoms. The Kier molecular flexibility index (Phi) is 7.28. The van der Waals surface area contributed by atoms with Gasteiger partial charge >= 0.3 is 0 Å². The number of nitrogens with zero attached hydrogens (tertiary/aromatic N) is 1. The number of ether oxygens (including phenoxy) is 2. The fraction of sp³-hybridized carbons (Fsp3) is 0.656. The topological polar surface area (TPSA) is 97.0 Å². The Morgan fingerprint density at radius 2 is 1.85 bits per heavy atom. The van der Waals surface area contributed by atoms with Crippen molar-refractivity contribution in [3.63, 3.8) is 0 Å². The summed E-state index contributed by atoms with van der Waals surface area (Å²) in [6.45, 7) is 9.69. The van der Waals surface area contributed by atoms with Crippen LogP contribution in [0.4, 0.5) is 5.69 Å². The van der Waals surface area contributed by atoms with E-state index in [1.165, 1.54) is 5.56 Å². The number of benzene rings is 1. The van der Waals surface area contributed by atoms with Crippen molar-refractivity contribution in [1.82, 2.24) is 10.2 Å². The zero-order valence-corrected chi connectivity index (χ0v) is 24.1. The van der Waals surface area contributed by atoms with Crippen LogP contribution >= 0.6 is 0 Å². The molecule has 1 aromatic rings. The van der Waals surface area contributed by atoms with Crippen molar-refractivity contribution in [3.8, 4) is 0 Å². The van der Waals surface area contributed by atoms with Crippen LogP contribution in [0.2, 0.25) is 0 Å². The van der Waals surface area contributed by atoms with Gasteiger partial charge in [0, 0.05) is 24.9 Å². The highest BCUT2D eigenvalue weighted by molar-refractivity contribution is 6.02. The lowest BCUT2D eigenvalue weighted by Crippen LogP contribution is -2.58. The molecule has 1 aromatic carbocycles. The predicted octanol–water partition coefficient (Wildman–Crippen LogP) is 4.02. The van der Waals surface area contributed by atoms with Crippen molar-refractivity contribution in [3.05, 3.63) is 42.0 Å². The van der Waals surface area contributed by atoms with E-state index in [1.54, 1.807) is 4.90 Å². The van der Waals surface area contributed by atoms with E-state index in [1.807, 2.05) is 36.4 Å². The largest absolute Gasteiger partial charge is 0.376 e. The molecule has 4 fully saturated rings. The van der Waals surface area contributed by atoms with Crippen LogP contribution < -0.4 is 10.6 Å². The fourth-order valence-corrected chi connectivity index (χ4v) is 7.70. The summed E-state index contributed by atoms with van der Waals surface area (Å²) in [4.78, 5) is 43.7. The van der Waals surface area contributed by atoms with Crippen LogP contribution in [-0.4, -0.2) is 65.7 Å². The molecule has 0 radical (unpaired) electrons. The van der Waals surface area contributed by atoms with Gasteiger partial charge in [0.2, 0.25) is 17.7 Å². The minimum absolute atomic E-state index is 0.0573. The number of amides is 3. The first-order chi connectivity index (χ1) is 19.2. The molecule has 9 atom stereocenters. The third-order valence-electron chi connectivity index (χ3n) is 10.2. The minimum Gasteiger partial charge on any atom is -0.376 e. The lowest BCUT2D eigenvalue weighted by atomic mass is 9.73. The summed E-state index contributed by atoms with van der Waals surface area (Å²) in [5.74, 6) is -0.815. The average molecular weight is 550 g/mol. The highest BCUT2D eigenvalue weighted by atomic mass is 16.5. The third-order valence-corrected chi connectivity index (χ3v) is 10.2. The average Bonchev–Trinajstić information content (AvgIpc) is 3.70. The molecule has 8 nitrogen and oxygen atoms in total. The maximum Gasteiger partial charge on any atom is 0.246 e. The summed E-state index contributed by atoms with van der Waals surface area (Å²) < 4.78 is 12.4. The Bertz CT molecular complexity index is 1180. The number of nitrogens with one attached hydrogen (secondary N) is 2. The molecule has 8 heteroatoms. The second-order valence-electron chi connectivity index (χ2n) is 13.0. The summed E-state index contributed by atoms with van der Waals surface area (Å²) in [6, 6.07) is 7.04. The normalized spacial score (nSPS) is 38.2. The fourth-order valence-electron chi connectivity index (χ4n) is 7.70. The molecule has 3 saturated heterocycles. The molecule has 1 spiro atoms. The molecule has 0 aromatic heterocycles. The van der Waals surface area contributed by atoms with Gasteiger partial charge in [-0.15, -0.1) is 0 Å². The second-order valence-corrected chi connectivity index (χ2v) is 13.0.